The molecule has 0 spiro atoms. The van der Waals surface area contributed by atoms with E-state index >= 15 is 0 Å². The van der Waals surface area contributed by atoms with Crippen molar-refractivity contribution in [3.63, 3.8) is 0 Å². The lowest BCUT2D eigenvalue weighted by Gasteiger charge is -2.07. The van der Waals surface area contributed by atoms with Gasteiger partial charge in [-0.15, -0.1) is 0 Å². The number of alkyl halides is 2. The molecule has 0 bridgehead atoms. The molecule has 2 aromatic rings. The van der Waals surface area contributed by atoms with Crippen molar-refractivity contribution in [2.45, 2.75) is 24.5 Å². The third kappa shape index (κ3) is 7.36. The van der Waals surface area contributed by atoms with Crippen molar-refractivity contribution in [2.24, 2.45) is 5.16 Å². The van der Waals surface area contributed by atoms with Crippen LogP contribution in [0.5, 0.6) is 0 Å². The molecular formula is C19H19F2N3O3S. The van der Waals surface area contributed by atoms with Gasteiger partial charge in [0.25, 0.3) is 11.7 Å². The van der Waals surface area contributed by atoms with E-state index in [9.17, 15) is 18.4 Å². The van der Waals surface area contributed by atoms with Crippen LogP contribution in [0.1, 0.15) is 19.4 Å². The standard InChI is InChI=1S/C19H19F2N3O3S/c1-12(14-3-5-15(6-4-14)22-13(2)25)24-27-11-18(26)23-16-7-9-17(10-8-16)28-19(20)21/h3-10,19H,11H2,1-2H3,(H,22,25)(H,23,26)/b24-12+. The normalized spacial score (nSPS) is 11.2. The fraction of sp³-hybridized carbons (Fsp3) is 0.211. The zero-order valence-corrected chi connectivity index (χ0v) is 16.1. The van der Waals surface area contributed by atoms with Gasteiger partial charge in [-0.3, -0.25) is 9.59 Å². The lowest BCUT2D eigenvalue weighted by Crippen LogP contribution is -2.17. The quantitative estimate of drug-likeness (QED) is 0.388. The van der Waals surface area contributed by atoms with Gasteiger partial charge in [-0.2, -0.15) is 8.78 Å². The number of amides is 2. The van der Waals surface area contributed by atoms with Gasteiger partial charge < -0.3 is 15.5 Å². The zero-order valence-electron chi connectivity index (χ0n) is 15.2. The Bertz CT molecular complexity index is 841. The molecule has 0 aliphatic carbocycles. The largest absolute Gasteiger partial charge is 0.385 e. The Morgan fingerprint density at radius 2 is 1.57 bits per heavy atom. The maximum atomic E-state index is 12.3. The second-order valence-corrected chi connectivity index (χ2v) is 6.72. The molecule has 6 nitrogen and oxygen atoms in total. The van der Waals surface area contributed by atoms with Gasteiger partial charge in [-0.25, -0.2) is 0 Å². The number of nitrogens with zero attached hydrogens (tertiary/aromatic N) is 1. The maximum Gasteiger partial charge on any atom is 0.288 e. The van der Waals surface area contributed by atoms with E-state index in [4.69, 9.17) is 4.84 Å². The van der Waals surface area contributed by atoms with Crippen molar-refractivity contribution in [1.29, 1.82) is 0 Å². The molecule has 0 saturated carbocycles. The molecular weight excluding hydrogens is 388 g/mol. The first-order valence-corrected chi connectivity index (χ1v) is 9.11. The Kier molecular flexibility index (Phi) is 7.94. The summed E-state index contributed by atoms with van der Waals surface area (Å²) in [7, 11) is 0. The Labute approximate surface area is 165 Å². The number of hydrogen-bond donors (Lipinski definition) is 2. The molecule has 0 unspecified atom stereocenters. The highest BCUT2D eigenvalue weighted by atomic mass is 32.2. The summed E-state index contributed by atoms with van der Waals surface area (Å²) < 4.78 is 24.6. The topological polar surface area (TPSA) is 79.8 Å². The van der Waals surface area contributed by atoms with Crippen LogP contribution >= 0.6 is 11.8 Å². The van der Waals surface area contributed by atoms with Crippen molar-refractivity contribution in [2.75, 3.05) is 17.2 Å². The highest BCUT2D eigenvalue weighted by Crippen LogP contribution is 2.26. The summed E-state index contributed by atoms with van der Waals surface area (Å²) in [5.41, 5.74) is 2.49. The third-order valence-corrected chi connectivity index (χ3v) is 4.11. The lowest BCUT2D eigenvalue weighted by molar-refractivity contribution is -0.120. The van der Waals surface area contributed by atoms with E-state index in [1.807, 2.05) is 0 Å². The van der Waals surface area contributed by atoms with E-state index in [1.54, 1.807) is 31.2 Å². The molecule has 0 fully saturated rings. The van der Waals surface area contributed by atoms with Crippen LogP contribution in [-0.4, -0.2) is 29.9 Å². The average molecular weight is 407 g/mol. The number of rotatable bonds is 8. The predicted octanol–water partition coefficient (Wildman–Crippen LogP) is 4.34. The second-order valence-electron chi connectivity index (χ2n) is 5.66. The number of carbonyl (C=O) groups is 2. The molecule has 0 aliphatic heterocycles. The Morgan fingerprint density at radius 1 is 1.00 bits per heavy atom. The van der Waals surface area contributed by atoms with Crippen LogP contribution in [-0.2, 0) is 14.4 Å². The van der Waals surface area contributed by atoms with Crippen LogP contribution in [0.3, 0.4) is 0 Å². The van der Waals surface area contributed by atoms with Gasteiger partial charge >= 0.3 is 0 Å². The highest BCUT2D eigenvalue weighted by Gasteiger charge is 2.07. The van der Waals surface area contributed by atoms with Gasteiger partial charge in [0.15, 0.2) is 6.61 Å². The molecule has 0 saturated heterocycles. The van der Waals surface area contributed by atoms with Crippen molar-refractivity contribution >= 4 is 40.7 Å². The number of hydrogen-bond acceptors (Lipinski definition) is 5. The van der Waals surface area contributed by atoms with Crippen molar-refractivity contribution in [3.05, 3.63) is 54.1 Å². The first kappa shape index (κ1) is 21.4. The number of nitrogens with one attached hydrogen (secondary N) is 2. The molecule has 0 aliphatic rings. The third-order valence-electron chi connectivity index (χ3n) is 3.38. The lowest BCUT2D eigenvalue weighted by atomic mass is 10.1. The number of carbonyl (C=O) groups excluding carboxylic acids is 2. The van der Waals surface area contributed by atoms with Gasteiger partial charge in [0.05, 0.1) is 5.71 Å². The Hall–Kier alpha value is -2.94. The molecule has 2 rings (SSSR count). The minimum absolute atomic E-state index is 0.157. The first-order valence-electron chi connectivity index (χ1n) is 8.23. The van der Waals surface area contributed by atoms with E-state index in [0.29, 0.717) is 33.7 Å². The van der Waals surface area contributed by atoms with Gasteiger partial charge in [-0.1, -0.05) is 29.1 Å². The maximum absolute atomic E-state index is 12.3. The van der Waals surface area contributed by atoms with Gasteiger partial charge in [0.2, 0.25) is 5.91 Å². The summed E-state index contributed by atoms with van der Waals surface area (Å²) in [4.78, 5) is 28.3. The second kappa shape index (κ2) is 10.4. The minimum atomic E-state index is -2.49. The first-order chi connectivity index (χ1) is 13.3. The van der Waals surface area contributed by atoms with Crippen LogP contribution in [0.15, 0.2) is 58.6 Å². The summed E-state index contributed by atoms with van der Waals surface area (Å²) in [6.45, 7) is 2.86. The number of oxime groups is 1. The highest BCUT2D eigenvalue weighted by molar-refractivity contribution is 7.99. The van der Waals surface area contributed by atoms with E-state index in [2.05, 4.69) is 15.8 Å². The summed E-state index contributed by atoms with van der Waals surface area (Å²) in [6.07, 6.45) is 0. The Balaban J connectivity index is 1.82. The number of halogens is 2. The molecule has 148 valence electrons. The van der Waals surface area contributed by atoms with E-state index in [0.717, 1.165) is 5.56 Å². The van der Waals surface area contributed by atoms with Gasteiger partial charge in [-0.05, 0) is 48.9 Å². The molecule has 2 amide bonds. The summed E-state index contributed by atoms with van der Waals surface area (Å²) in [5.74, 6) is -3.07. The van der Waals surface area contributed by atoms with Gasteiger partial charge in [0, 0.05) is 23.2 Å². The Morgan fingerprint density at radius 3 is 2.14 bits per heavy atom. The smallest absolute Gasteiger partial charge is 0.288 e. The van der Waals surface area contributed by atoms with E-state index < -0.39 is 11.7 Å². The van der Waals surface area contributed by atoms with Crippen molar-refractivity contribution in [3.8, 4) is 0 Å². The number of anilines is 2. The van der Waals surface area contributed by atoms with E-state index in [-0.39, 0.29) is 12.5 Å². The molecule has 0 heterocycles. The van der Waals surface area contributed by atoms with Crippen LogP contribution in [0.4, 0.5) is 20.2 Å². The molecule has 28 heavy (non-hydrogen) atoms. The minimum Gasteiger partial charge on any atom is -0.385 e. The molecule has 0 atom stereocenters. The average Bonchev–Trinajstić information content (AvgIpc) is 2.63. The van der Waals surface area contributed by atoms with Crippen LogP contribution in [0.2, 0.25) is 0 Å². The van der Waals surface area contributed by atoms with E-state index in [1.165, 1.54) is 31.2 Å². The van der Waals surface area contributed by atoms with Crippen LogP contribution in [0, 0.1) is 0 Å². The molecule has 0 radical (unpaired) electrons. The summed E-state index contributed by atoms with van der Waals surface area (Å²) in [6, 6.07) is 13.1. The number of thioether (sulfide) groups is 1. The zero-order chi connectivity index (χ0) is 20.5. The van der Waals surface area contributed by atoms with Crippen molar-refractivity contribution in [1.82, 2.24) is 0 Å². The fourth-order valence-electron chi connectivity index (χ4n) is 2.16. The summed E-state index contributed by atoms with van der Waals surface area (Å²) in [5, 5.41) is 9.15. The molecule has 2 N–H and O–H groups in total. The molecule has 2 aromatic carbocycles. The monoisotopic (exact) mass is 407 g/mol. The SMILES string of the molecule is CC(=O)Nc1ccc(/C(C)=N/OCC(=O)Nc2ccc(SC(F)F)cc2)cc1. The van der Waals surface area contributed by atoms with Crippen LogP contribution < -0.4 is 10.6 Å². The fourth-order valence-corrected chi connectivity index (χ4v) is 2.65. The predicted molar refractivity (Wildman–Crippen MR) is 106 cm³/mol. The molecule has 0 aromatic heterocycles. The van der Waals surface area contributed by atoms with Crippen LogP contribution in [0.25, 0.3) is 0 Å². The number of benzene rings is 2. The summed E-state index contributed by atoms with van der Waals surface area (Å²) >= 11 is 0.436. The van der Waals surface area contributed by atoms with Crippen molar-refractivity contribution < 1.29 is 23.2 Å². The van der Waals surface area contributed by atoms with Gasteiger partial charge in [0.1, 0.15) is 0 Å². The molecule has 9 heteroatoms.